The lowest BCUT2D eigenvalue weighted by Crippen LogP contribution is -2.42. The van der Waals surface area contributed by atoms with Gasteiger partial charge in [0.15, 0.2) is 11.5 Å². The quantitative estimate of drug-likeness (QED) is 0.129. The molecule has 1 fully saturated rings. The first kappa shape index (κ1) is 35.4. The molecule has 2 aliphatic heterocycles. The minimum Gasteiger partial charge on any atom is -0.497 e. The number of esters is 1. The second-order valence-electron chi connectivity index (χ2n) is 11.3. The normalized spacial score (nSPS) is 19.0. The molecule has 254 valence electrons. The van der Waals surface area contributed by atoms with Gasteiger partial charge in [0.05, 0.1) is 44.8 Å². The largest absolute Gasteiger partial charge is 0.497 e. The molecule has 1 amide bonds. The van der Waals surface area contributed by atoms with Gasteiger partial charge in [0, 0.05) is 31.6 Å². The number of nitrogens with zero attached hydrogens (tertiary/aromatic N) is 3. The lowest BCUT2D eigenvalue weighted by Gasteiger charge is -2.30. The summed E-state index contributed by atoms with van der Waals surface area (Å²) in [6.07, 6.45) is 3.84. The van der Waals surface area contributed by atoms with E-state index >= 15 is 0 Å². The Balaban J connectivity index is 1.62. The van der Waals surface area contributed by atoms with Crippen LogP contribution in [0.2, 0.25) is 0 Å². The SMILES string of the molecule is CCCCN(CCCC)C(=O)CN1CC(c2ccc3c(c2)OCO3)[C@@H](C(=O)OCCOCCON(O)O)C1c1ccc(OC)cc1. The van der Waals surface area contributed by atoms with Crippen LogP contribution >= 0.6 is 0 Å². The second kappa shape index (κ2) is 18.0. The molecule has 2 aromatic carbocycles. The summed E-state index contributed by atoms with van der Waals surface area (Å²) >= 11 is 0. The first-order valence-electron chi connectivity index (χ1n) is 16.0. The highest BCUT2D eigenvalue weighted by molar-refractivity contribution is 5.80. The van der Waals surface area contributed by atoms with Gasteiger partial charge in [-0.25, -0.2) is 4.84 Å². The van der Waals surface area contributed by atoms with Crippen molar-refractivity contribution in [3.05, 3.63) is 53.6 Å². The average Bonchev–Trinajstić information content (AvgIpc) is 3.68. The Hall–Kier alpha value is -3.46. The highest BCUT2D eigenvalue weighted by atomic mass is 17.1. The number of unbranched alkanes of at least 4 members (excludes halogenated alkanes) is 2. The fraction of sp³-hybridized carbons (Fsp3) is 0.576. The molecule has 3 atom stereocenters. The summed E-state index contributed by atoms with van der Waals surface area (Å²) in [4.78, 5) is 36.4. The van der Waals surface area contributed by atoms with Crippen LogP contribution < -0.4 is 14.2 Å². The number of rotatable bonds is 19. The highest BCUT2D eigenvalue weighted by Gasteiger charge is 2.49. The Morgan fingerprint density at radius 1 is 0.913 bits per heavy atom. The number of benzene rings is 2. The van der Waals surface area contributed by atoms with Crippen molar-refractivity contribution >= 4 is 11.9 Å². The summed E-state index contributed by atoms with van der Waals surface area (Å²) in [6.45, 7) is 6.43. The monoisotopic (exact) mass is 645 g/mol. The van der Waals surface area contributed by atoms with Gasteiger partial charge < -0.3 is 28.6 Å². The van der Waals surface area contributed by atoms with Gasteiger partial charge in [-0.1, -0.05) is 44.9 Å². The number of hydrogen-bond donors (Lipinski definition) is 2. The molecule has 1 saturated heterocycles. The maximum Gasteiger partial charge on any atom is 0.311 e. The standard InChI is InChI=1S/C33H47N3O10/c1-4-6-14-34(15-7-5-2)30(37)22-35-21-27(25-10-13-28-29(20-25)45-23-44-28)31(32(35)24-8-11-26(41-3)12-9-24)33(38)43-18-16-42-17-19-46-36(39)40/h8-13,20,27,31-32,39-40H,4-7,14-19,21-23H2,1-3H3/t27?,31-,32?/m1/s1. The number of carbonyl (C=O) groups is 2. The molecule has 0 aliphatic carbocycles. The molecular weight excluding hydrogens is 598 g/mol. The molecule has 46 heavy (non-hydrogen) atoms. The lowest BCUT2D eigenvalue weighted by atomic mass is 9.82. The van der Waals surface area contributed by atoms with E-state index in [0.29, 0.717) is 36.9 Å². The molecule has 2 unspecified atom stereocenters. The van der Waals surface area contributed by atoms with Crippen LogP contribution in [0.1, 0.15) is 62.6 Å². The second-order valence-corrected chi connectivity index (χ2v) is 11.3. The molecule has 4 rings (SSSR count). The fourth-order valence-corrected chi connectivity index (χ4v) is 5.97. The number of ether oxygens (including phenoxy) is 5. The smallest absolute Gasteiger partial charge is 0.311 e. The topological polar surface area (TPSA) is 140 Å². The average molecular weight is 646 g/mol. The van der Waals surface area contributed by atoms with E-state index < -0.39 is 17.9 Å². The van der Waals surface area contributed by atoms with Gasteiger partial charge in [-0.3, -0.25) is 24.9 Å². The minimum atomic E-state index is -0.651. The van der Waals surface area contributed by atoms with Crippen LogP contribution in [-0.2, 0) is 23.9 Å². The van der Waals surface area contributed by atoms with Gasteiger partial charge in [-0.2, -0.15) is 0 Å². The summed E-state index contributed by atoms with van der Waals surface area (Å²) in [5.74, 6) is 0.618. The Bertz CT molecular complexity index is 1240. The van der Waals surface area contributed by atoms with Crippen molar-refractivity contribution in [1.29, 1.82) is 0 Å². The van der Waals surface area contributed by atoms with E-state index in [9.17, 15) is 9.59 Å². The number of methoxy groups -OCH3 is 1. The van der Waals surface area contributed by atoms with Gasteiger partial charge in [0.1, 0.15) is 12.4 Å². The molecule has 2 heterocycles. The predicted octanol–water partition coefficient (Wildman–Crippen LogP) is 4.18. The van der Waals surface area contributed by atoms with E-state index in [0.717, 1.165) is 36.8 Å². The van der Waals surface area contributed by atoms with Crippen molar-refractivity contribution in [1.82, 2.24) is 15.2 Å². The van der Waals surface area contributed by atoms with Gasteiger partial charge in [0.25, 0.3) is 0 Å². The van der Waals surface area contributed by atoms with Crippen molar-refractivity contribution < 1.29 is 48.5 Å². The van der Waals surface area contributed by atoms with Crippen molar-refractivity contribution in [2.45, 2.75) is 51.5 Å². The van der Waals surface area contributed by atoms with E-state index in [1.165, 1.54) is 0 Å². The summed E-state index contributed by atoms with van der Waals surface area (Å²) < 4.78 is 27.8. The zero-order valence-electron chi connectivity index (χ0n) is 27.0. The summed E-state index contributed by atoms with van der Waals surface area (Å²) in [5, 5.41) is 16.9. The van der Waals surface area contributed by atoms with Crippen LogP contribution in [0, 0.1) is 5.92 Å². The molecule has 2 N–H and O–H groups in total. The van der Waals surface area contributed by atoms with Crippen LogP contribution in [0.15, 0.2) is 42.5 Å². The Morgan fingerprint density at radius 3 is 2.26 bits per heavy atom. The summed E-state index contributed by atoms with van der Waals surface area (Å²) in [6, 6.07) is 12.8. The molecule has 2 aliphatic rings. The minimum absolute atomic E-state index is 0.0127. The zero-order valence-corrected chi connectivity index (χ0v) is 27.0. The number of hydrogen-bond acceptors (Lipinski definition) is 12. The number of fused-ring (bicyclic) bond motifs is 1. The molecule has 0 spiro atoms. The summed E-state index contributed by atoms with van der Waals surface area (Å²) in [5.41, 5.74) is 1.76. The number of likely N-dealkylation sites (tertiary alicyclic amines) is 1. The van der Waals surface area contributed by atoms with Crippen molar-refractivity contribution in [2.24, 2.45) is 5.92 Å². The van der Waals surface area contributed by atoms with Crippen LogP contribution in [-0.4, -0.2) is 104 Å². The van der Waals surface area contributed by atoms with Crippen LogP contribution in [0.25, 0.3) is 0 Å². The molecule has 13 heteroatoms. The van der Waals surface area contributed by atoms with E-state index in [4.69, 9.17) is 34.1 Å². The first-order chi connectivity index (χ1) is 22.4. The Kier molecular flexibility index (Phi) is 13.9. The predicted molar refractivity (Wildman–Crippen MR) is 166 cm³/mol. The third-order valence-electron chi connectivity index (χ3n) is 8.31. The van der Waals surface area contributed by atoms with Crippen molar-refractivity contribution in [3.8, 4) is 17.2 Å². The van der Waals surface area contributed by atoms with Crippen LogP contribution in [0.4, 0.5) is 0 Å². The van der Waals surface area contributed by atoms with E-state index in [2.05, 4.69) is 23.6 Å². The van der Waals surface area contributed by atoms with Crippen molar-refractivity contribution in [2.75, 3.05) is 66.5 Å². The third kappa shape index (κ3) is 9.53. The molecule has 0 bridgehead atoms. The van der Waals surface area contributed by atoms with Gasteiger partial charge in [-0.15, -0.1) is 0 Å². The van der Waals surface area contributed by atoms with E-state index in [-0.39, 0.29) is 57.0 Å². The van der Waals surface area contributed by atoms with E-state index in [1.54, 1.807) is 7.11 Å². The molecule has 13 nitrogen and oxygen atoms in total. The molecule has 0 aromatic heterocycles. The lowest BCUT2D eigenvalue weighted by molar-refractivity contribution is -0.493. The van der Waals surface area contributed by atoms with Crippen molar-refractivity contribution in [3.63, 3.8) is 0 Å². The number of amides is 1. The Labute approximate surface area is 270 Å². The summed E-state index contributed by atoms with van der Waals surface area (Å²) in [7, 11) is 1.60. The molecule has 2 aromatic rings. The maximum atomic E-state index is 14.0. The van der Waals surface area contributed by atoms with Gasteiger partial charge >= 0.3 is 5.97 Å². The van der Waals surface area contributed by atoms with Gasteiger partial charge in [0.2, 0.25) is 12.7 Å². The first-order valence-corrected chi connectivity index (χ1v) is 16.0. The van der Waals surface area contributed by atoms with Crippen LogP contribution in [0.5, 0.6) is 17.2 Å². The van der Waals surface area contributed by atoms with E-state index in [1.807, 2.05) is 47.4 Å². The number of carbonyl (C=O) groups excluding carboxylic acids is 2. The molecular formula is C33H47N3O10. The zero-order chi connectivity index (χ0) is 32.9. The van der Waals surface area contributed by atoms with Gasteiger partial charge in [-0.05, 0) is 48.2 Å². The third-order valence-corrected chi connectivity index (χ3v) is 8.31. The molecule has 0 saturated carbocycles. The molecule has 0 radical (unpaired) electrons. The van der Waals surface area contributed by atoms with Crippen LogP contribution in [0.3, 0.4) is 0 Å². The highest BCUT2D eigenvalue weighted by Crippen LogP contribution is 2.48. The Morgan fingerprint density at radius 2 is 1.59 bits per heavy atom. The fourth-order valence-electron chi connectivity index (χ4n) is 5.97. The maximum absolute atomic E-state index is 14.0.